The van der Waals surface area contributed by atoms with E-state index in [1.807, 2.05) is 12.3 Å². The molecule has 0 aliphatic rings. The average molecular weight is 334 g/mol. The molecule has 3 aromatic rings. The van der Waals surface area contributed by atoms with Gasteiger partial charge in [-0.25, -0.2) is 4.98 Å². The fourth-order valence-electron chi connectivity index (χ4n) is 1.68. The van der Waals surface area contributed by atoms with Gasteiger partial charge in [0.1, 0.15) is 0 Å². The number of thioether (sulfide) groups is 1. The van der Waals surface area contributed by atoms with E-state index in [1.165, 1.54) is 23.9 Å². The van der Waals surface area contributed by atoms with E-state index < -0.39 is 4.92 Å². The van der Waals surface area contributed by atoms with Gasteiger partial charge >= 0.3 is 0 Å². The van der Waals surface area contributed by atoms with Crippen LogP contribution in [0.3, 0.4) is 0 Å². The van der Waals surface area contributed by atoms with Gasteiger partial charge in [0.05, 0.1) is 10.7 Å². The quantitative estimate of drug-likeness (QED) is 0.399. The van der Waals surface area contributed by atoms with Crippen LogP contribution < -0.4 is 0 Å². The standard InChI is InChI=1S/C13H10N4O3S2/c1-8-6-21-13(14-8)22-7-11-15-16-12(20-11)9-2-4-10(5-3-9)17(18)19/h2-6H,7H2,1H3. The molecule has 3 rings (SSSR count). The fourth-order valence-corrected chi connectivity index (χ4v) is 3.36. The minimum atomic E-state index is -0.449. The largest absolute Gasteiger partial charge is 0.420 e. The summed E-state index contributed by atoms with van der Waals surface area (Å²) in [6, 6.07) is 6.00. The van der Waals surface area contributed by atoms with Gasteiger partial charge < -0.3 is 4.42 Å². The van der Waals surface area contributed by atoms with Gasteiger partial charge in [0, 0.05) is 28.8 Å². The Balaban J connectivity index is 1.69. The highest BCUT2D eigenvalue weighted by molar-refractivity contribution is 8.00. The minimum Gasteiger partial charge on any atom is -0.420 e. The van der Waals surface area contributed by atoms with E-state index in [0.29, 0.717) is 23.1 Å². The van der Waals surface area contributed by atoms with Crippen molar-refractivity contribution in [1.82, 2.24) is 15.2 Å². The van der Waals surface area contributed by atoms with Crippen molar-refractivity contribution in [1.29, 1.82) is 0 Å². The summed E-state index contributed by atoms with van der Waals surface area (Å²) in [7, 11) is 0. The average Bonchev–Trinajstić information content (AvgIpc) is 3.14. The predicted octanol–water partition coefficient (Wildman–Crippen LogP) is 3.70. The van der Waals surface area contributed by atoms with Crippen LogP contribution in [-0.4, -0.2) is 20.1 Å². The zero-order chi connectivity index (χ0) is 15.5. The number of thiazole rings is 1. The van der Waals surface area contributed by atoms with Gasteiger partial charge in [-0.05, 0) is 19.1 Å². The van der Waals surface area contributed by atoms with E-state index >= 15 is 0 Å². The maximum Gasteiger partial charge on any atom is 0.269 e. The van der Waals surface area contributed by atoms with Gasteiger partial charge in [-0.3, -0.25) is 10.1 Å². The molecular weight excluding hydrogens is 324 g/mol. The smallest absolute Gasteiger partial charge is 0.269 e. The lowest BCUT2D eigenvalue weighted by Crippen LogP contribution is -1.87. The molecule has 0 amide bonds. The number of non-ortho nitro benzene ring substituents is 1. The normalized spacial score (nSPS) is 10.8. The lowest BCUT2D eigenvalue weighted by Gasteiger charge is -1.95. The molecule has 0 fully saturated rings. The van der Waals surface area contributed by atoms with Crippen molar-refractivity contribution in [2.24, 2.45) is 0 Å². The molecule has 0 saturated carbocycles. The summed E-state index contributed by atoms with van der Waals surface area (Å²) >= 11 is 3.11. The second-order valence-corrected chi connectivity index (χ2v) is 6.43. The molecule has 0 N–H and O–H groups in total. The van der Waals surface area contributed by atoms with Crippen LogP contribution in [0.4, 0.5) is 5.69 Å². The molecule has 2 aromatic heterocycles. The van der Waals surface area contributed by atoms with E-state index in [9.17, 15) is 10.1 Å². The molecule has 0 saturated heterocycles. The SMILES string of the molecule is Cc1csc(SCc2nnc(-c3ccc([N+](=O)[O-])cc3)o2)n1. The summed E-state index contributed by atoms with van der Waals surface area (Å²) < 4.78 is 6.51. The third kappa shape index (κ3) is 3.31. The first-order chi connectivity index (χ1) is 10.6. The third-order valence-corrected chi connectivity index (χ3v) is 4.83. The lowest BCUT2D eigenvalue weighted by atomic mass is 10.2. The van der Waals surface area contributed by atoms with Crippen LogP contribution in [0.2, 0.25) is 0 Å². The van der Waals surface area contributed by atoms with Crippen molar-refractivity contribution in [3.05, 3.63) is 51.3 Å². The number of nitrogens with zero attached hydrogens (tertiary/aromatic N) is 4. The molecule has 0 aliphatic carbocycles. The summed E-state index contributed by atoms with van der Waals surface area (Å²) in [6.45, 7) is 1.94. The van der Waals surface area contributed by atoms with Crippen molar-refractivity contribution in [3.8, 4) is 11.5 Å². The number of hydrogen-bond acceptors (Lipinski definition) is 8. The van der Waals surface area contributed by atoms with Gasteiger partial charge in [0.15, 0.2) is 4.34 Å². The Labute approximate surface area is 133 Å². The van der Waals surface area contributed by atoms with Crippen LogP contribution in [0.1, 0.15) is 11.6 Å². The molecule has 0 spiro atoms. The maximum absolute atomic E-state index is 10.6. The van der Waals surface area contributed by atoms with Crippen molar-refractivity contribution in [2.45, 2.75) is 17.0 Å². The van der Waals surface area contributed by atoms with Crippen LogP contribution in [0, 0.1) is 17.0 Å². The fraction of sp³-hybridized carbons (Fsp3) is 0.154. The van der Waals surface area contributed by atoms with E-state index in [4.69, 9.17) is 4.42 Å². The van der Waals surface area contributed by atoms with Gasteiger partial charge in [0.2, 0.25) is 11.8 Å². The molecule has 7 nitrogen and oxygen atoms in total. The molecular formula is C13H10N4O3S2. The number of aryl methyl sites for hydroxylation is 1. The van der Waals surface area contributed by atoms with E-state index in [1.54, 1.807) is 23.5 Å². The highest BCUT2D eigenvalue weighted by atomic mass is 32.2. The zero-order valence-electron chi connectivity index (χ0n) is 11.4. The topological polar surface area (TPSA) is 95.0 Å². The van der Waals surface area contributed by atoms with Crippen molar-refractivity contribution >= 4 is 28.8 Å². The first-order valence-corrected chi connectivity index (χ1v) is 8.10. The Bertz CT molecular complexity index is 798. The number of nitro benzene ring substituents is 1. The number of rotatable bonds is 5. The Morgan fingerprint density at radius 2 is 2.09 bits per heavy atom. The number of hydrogen-bond donors (Lipinski definition) is 0. The molecule has 0 atom stereocenters. The van der Waals surface area contributed by atoms with Crippen LogP contribution in [0.15, 0.2) is 38.4 Å². The number of nitro groups is 1. The van der Waals surface area contributed by atoms with Gasteiger partial charge in [-0.1, -0.05) is 11.8 Å². The number of benzene rings is 1. The van der Waals surface area contributed by atoms with Crippen LogP contribution >= 0.6 is 23.1 Å². The highest BCUT2D eigenvalue weighted by Crippen LogP contribution is 2.27. The summed E-state index contributed by atoms with van der Waals surface area (Å²) in [6.07, 6.45) is 0. The lowest BCUT2D eigenvalue weighted by molar-refractivity contribution is -0.384. The van der Waals surface area contributed by atoms with Crippen LogP contribution in [0.25, 0.3) is 11.5 Å². The molecule has 9 heteroatoms. The van der Waals surface area contributed by atoms with Crippen molar-refractivity contribution in [2.75, 3.05) is 0 Å². The van der Waals surface area contributed by atoms with Gasteiger partial charge in [-0.2, -0.15) is 0 Å². The maximum atomic E-state index is 10.6. The predicted molar refractivity (Wildman–Crippen MR) is 82.8 cm³/mol. The van der Waals surface area contributed by atoms with E-state index in [2.05, 4.69) is 15.2 Å². The molecule has 0 aliphatic heterocycles. The second-order valence-electron chi connectivity index (χ2n) is 4.35. The Morgan fingerprint density at radius 1 is 1.32 bits per heavy atom. The van der Waals surface area contributed by atoms with Crippen LogP contribution in [-0.2, 0) is 5.75 Å². The minimum absolute atomic E-state index is 0.0261. The summed E-state index contributed by atoms with van der Waals surface area (Å²) in [4.78, 5) is 14.5. The highest BCUT2D eigenvalue weighted by Gasteiger charge is 2.12. The molecule has 0 unspecified atom stereocenters. The molecule has 0 radical (unpaired) electrons. The Hall–Kier alpha value is -2.26. The van der Waals surface area contributed by atoms with Gasteiger partial charge in [0.25, 0.3) is 5.69 Å². The first kappa shape index (κ1) is 14.7. The Kier molecular flexibility index (Phi) is 4.16. The zero-order valence-corrected chi connectivity index (χ0v) is 13.1. The first-order valence-electron chi connectivity index (χ1n) is 6.24. The third-order valence-electron chi connectivity index (χ3n) is 2.71. The van der Waals surface area contributed by atoms with E-state index in [-0.39, 0.29) is 5.69 Å². The second kappa shape index (κ2) is 6.24. The van der Waals surface area contributed by atoms with E-state index in [0.717, 1.165) is 10.0 Å². The monoisotopic (exact) mass is 334 g/mol. The number of aromatic nitrogens is 3. The molecule has 112 valence electrons. The molecule has 22 heavy (non-hydrogen) atoms. The molecule has 1 aromatic carbocycles. The van der Waals surface area contributed by atoms with Crippen molar-refractivity contribution < 1.29 is 9.34 Å². The molecule has 0 bridgehead atoms. The summed E-state index contributed by atoms with van der Waals surface area (Å²) in [5.41, 5.74) is 1.67. The summed E-state index contributed by atoms with van der Waals surface area (Å²) in [5, 5.41) is 20.5. The Morgan fingerprint density at radius 3 is 2.73 bits per heavy atom. The van der Waals surface area contributed by atoms with Gasteiger partial charge in [-0.15, -0.1) is 21.5 Å². The summed E-state index contributed by atoms with van der Waals surface area (Å²) in [5.74, 6) is 1.37. The molecule has 2 heterocycles. The van der Waals surface area contributed by atoms with Crippen LogP contribution in [0.5, 0.6) is 0 Å². The van der Waals surface area contributed by atoms with Crippen molar-refractivity contribution in [3.63, 3.8) is 0 Å².